The molecule has 1 aliphatic rings. The first-order chi connectivity index (χ1) is 14.6. The Morgan fingerprint density at radius 1 is 1.32 bits per heavy atom. The predicted molar refractivity (Wildman–Crippen MR) is 107 cm³/mol. The molecule has 1 fully saturated rings. The lowest BCUT2D eigenvalue weighted by molar-refractivity contribution is -0.136. The summed E-state index contributed by atoms with van der Waals surface area (Å²) >= 11 is 0. The highest BCUT2D eigenvalue weighted by atomic mass is 19.4. The van der Waals surface area contributed by atoms with E-state index in [4.69, 9.17) is 4.52 Å². The van der Waals surface area contributed by atoms with E-state index in [0.29, 0.717) is 36.3 Å². The van der Waals surface area contributed by atoms with Gasteiger partial charge in [-0.15, -0.1) is 0 Å². The van der Waals surface area contributed by atoms with Crippen LogP contribution in [0, 0.1) is 6.92 Å². The van der Waals surface area contributed by atoms with Crippen molar-refractivity contribution in [3.63, 3.8) is 0 Å². The SMILES string of the molecule is Cc1nn(C)cc1C(=O)N1CCCC(c2noc3nc(C(C)C)cc(C(F)(F)F)c23)C1. The highest BCUT2D eigenvalue weighted by Crippen LogP contribution is 2.40. The van der Waals surface area contributed by atoms with Gasteiger partial charge in [-0.25, -0.2) is 4.98 Å². The van der Waals surface area contributed by atoms with E-state index >= 15 is 0 Å². The van der Waals surface area contributed by atoms with Crippen LogP contribution in [0.15, 0.2) is 16.8 Å². The molecule has 1 amide bonds. The fourth-order valence-electron chi connectivity index (χ4n) is 4.16. The van der Waals surface area contributed by atoms with E-state index in [1.54, 1.807) is 43.6 Å². The Balaban J connectivity index is 1.71. The maximum absolute atomic E-state index is 13.9. The maximum Gasteiger partial charge on any atom is 0.417 e. The minimum atomic E-state index is -4.57. The number of fused-ring (bicyclic) bond motifs is 1. The molecule has 7 nitrogen and oxygen atoms in total. The van der Waals surface area contributed by atoms with Crippen LogP contribution < -0.4 is 0 Å². The van der Waals surface area contributed by atoms with Crippen molar-refractivity contribution in [3.8, 4) is 0 Å². The molecule has 3 aromatic rings. The topological polar surface area (TPSA) is 77.0 Å². The minimum absolute atomic E-state index is 0.103. The first-order valence-electron chi connectivity index (χ1n) is 10.2. The number of rotatable bonds is 3. The Hall–Kier alpha value is -2.91. The molecular formula is C21H24F3N5O2. The van der Waals surface area contributed by atoms with Crippen molar-refractivity contribution in [2.45, 2.75) is 51.6 Å². The first-order valence-corrected chi connectivity index (χ1v) is 10.2. The summed E-state index contributed by atoms with van der Waals surface area (Å²) in [6, 6.07) is 1.08. The zero-order valence-corrected chi connectivity index (χ0v) is 17.8. The van der Waals surface area contributed by atoms with E-state index in [2.05, 4.69) is 15.2 Å². The molecule has 1 aliphatic heterocycles. The van der Waals surface area contributed by atoms with Gasteiger partial charge in [-0.1, -0.05) is 19.0 Å². The molecule has 3 aromatic heterocycles. The molecule has 1 saturated heterocycles. The third-order valence-corrected chi connectivity index (χ3v) is 5.73. The monoisotopic (exact) mass is 435 g/mol. The average Bonchev–Trinajstić information content (AvgIpc) is 3.28. The molecule has 0 spiro atoms. The largest absolute Gasteiger partial charge is 0.417 e. The van der Waals surface area contributed by atoms with Gasteiger partial charge in [0.05, 0.1) is 27.9 Å². The van der Waals surface area contributed by atoms with Crippen LogP contribution in [0.2, 0.25) is 0 Å². The molecule has 0 saturated carbocycles. The summed E-state index contributed by atoms with van der Waals surface area (Å²) in [5, 5.41) is 8.09. The van der Waals surface area contributed by atoms with Crippen molar-refractivity contribution in [1.29, 1.82) is 0 Å². The van der Waals surface area contributed by atoms with Gasteiger partial charge in [0.15, 0.2) is 0 Å². The third kappa shape index (κ3) is 3.90. The minimum Gasteiger partial charge on any atom is -0.338 e. The number of carbonyl (C=O) groups is 1. The van der Waals surface area contributed by atoms with Crippen LogP contribution in [0.3, 0.4) is 0 Å². The highest BCUT2D eigenvalue weighted by Gasteiger charge is 2.38. The van der Waals surface area contributed by atoms with Gasteiger partial charge in [0.25, 0.3) is 11.6 Å². The van der Waals surface area contributed by atoms with Crippen LogP contribution in [0.5, 0.6) is 0 Å². The van der Waals surface area contributed by atoms with Crippen LogP contribution >= 0.6 is 0 Å². The number of hydrogen-bond donors (Lipinski definition) is 0. The Morgan fingerprint density at radius 3 is 2.68 bits per heavy atom. The van der Waals surface area contributed by atoms with Crippen LogP contribution in [-0.2, 0) is 13.2 Å². The van der Waals surface area contributed by atoms with Gasteiger partial charge in [-0.3, -0.25) is 9.48 Å². The number of hydrogen-bond acceptors (Lipinski definition) is 5. The van der Waals surface area contributed by atoms with Crippen LogP contribution in [0.25, 0.3) is 11.1 Å². The summed E-state index contributed by atoms with van der Waals surface area (Å²) in [7, 11) is 1.74. The molecule has 0 bridgehead atoms. The van der Waals surface area contributed by atoms with Crippen molar-refractivity contribution in [2.24, 2.45) is 7.05 Å². The fraction of sp³-hybridized carbons (Fsp3) is 0.524. The highest BCUT2D eigenvalue weighted by molar-refractivity contribution is 5.95. The van der Waals surface area contributed by atoms with Crippen LogP contribution in [-0.4, -0.2) is 43.8 Å². The first kappa shape index (κ1) is 21.3. The number of halogens is 3. The van der Waals surface area contributed by atoms with Gasteiger partial charge in [0, 0.05) is 37.9 Å². The lowest BCUT2D eigenvalue weighted by Gasteiger charge is -2.32. The zero-order valence-electron chi connectivity index (χ0n) is 17.8. The van der Waals surface area contributed by atoms with Crippen LogP contribution in [0.4, 0.5) is 13.2 Å². The van der Waals surface area contributed by atoms with Crippen molar-refractivity contribution < 1.29 is 22.5 Å². The number of aryl methyl sites for hydroxylation is 2. The zero-order chi connectivity index (χ0) is 22.5. The Labute approximate surface area is 177 Å². The van der Waals surface area contributed by atoms with Crippen molar-refractivity contribution >= 4 is 17.0 Å². The average molecular weight is 435 g/mol. The summed E-state index contributed by atoms with van der Waals surface area (Å²) in [6.45, 7) is 6.10. The van der Waals surface area contributed by atoms with Gasteiger partial charge in [0.1, 0.15) is 0 Å². The molecular weight excluding hydrogens is 411 g/mol. The van der Waals surface area contributed by atoms with Crippen molar-refractivity contribution in [3.05, 3.63) is 40.5 Å². The van der Waals surface area contributed by atoms with Gasteiger partial charge < -0.3 is 9.42 Å². The van der Waals surface area contributed by atoms with E-state index in [-0.39, 0.29) is 41.1 Å². The lowest BCUT2D eigenvalue weighted by atomic mass is 9.91. The molecule has 0 radical (unpaired) electrons. The van der Waals surface area contributed by atoms with Crippen LogP contribution in [0.1, 0.15) is 71.5 Å². The smallest absolute Gasteiger partial charge is 0.338 e. The second-order valence-electron chi connectivity index (χ2n) is 8.39. The molecule has 1 atom stereocenters. The third-order valence-electron chi connectivity index (χ3n) is 5.73. The number of aromatic nitrogens is 4. The number of nitrogens with zero attached hydrogens (tertiary/aromatic N) is 5. The Bertz CT molecular complexity index is 1130. The number of likely N-dealkylation sites (tertiary alicyclic amines) is 1. The standard InChI is InChI=1S/C21H24F3N5O2/c1-11(2)16-8-15(21(22,23)24)17-18(27-31-19(17)25-16)13-6-5-7-29(9-13)20(30)14-10-28(4)26-12(14)3/h8,10-11,13H,5-7,9H2,1-4H3. The summed E-state index contributed by atoms with van der Waals surface area (Å²) in [6.07, 6.45) is -1.64. The van der Waals surface area contributed by atoms with E-state index in [0.717, 1.165) is 6.07 Å². The summed E-state index contributed by atoms with van der Waals surface area (Å²) in [5.41, 5.74) is 0.725. The van der Waals surface area contributed by atoms with Gasteiger partial charge >= 0.3 is 6.18 Å². The lowest BCUT2D eigenvalue weighted by Crippen LogP contribution is -2.39. The second kappa shape index (κ2) is 7.65. The quantitative estimate of drug-likeness (QED) is 0.608. The number of piperidine rings is 1. The summed E-state index contributed by atoms with van der Waals surface area (Å²) in [4.78, 5) is 18.9. The molecule has 0 aromatic carbocycles. The summed E-state index contributed by atoms with van der Waals surface area (Å²) in [5.74, 6) is -0.743. The van der Waals surface area contributed by atoms with Gasteiger partial charge in [-0.05, 0) is 31.7 Å². The molecule has 166 valence electrons. The van der Waals surface area contributed by atoms with Gasteiger partial charge in [-0.2, -0.15) is 18.3 Å². The molecule has 31 heavy (non-hydrogen) atoms. The fourth-order valence-corrected chi connectivity index (χ4v) is 4.16. The van der Waals surface area contributed by atoms with Crippen molar-refractivity contribution in [1.82, 2.24) is 24.8 Å². The normalized spacial score (nSPS) is 17.7. The molecule has 0 N–H and O–H groups in total. The number of pyridine rings is 1. The summed E-state index contributed by atoms with van der Waals surface area (Å²) < 4.78 is 48.5. The van der Waals surface area contributed by atoms with E-state index in [9.17, 15) is 18.0 Å². The van der Waals surface area contributed by atoms with Crippen molar-refractivity contribution in [2.75, 3.05) is 13.1 Å². The maximum atomic E-state index is 13.9. The molecule has 0 aliphatic carbocycles. The molecule has 4 heterocycles. The molecule has 1 unspecified atom stereocenters. The van der Waals surface area contributed by atoms with Gasteiger partial charge in [0.2, 0.25) is 0 Å². The molecule has 10 heteroatoms. The Kier molecular flexibility index (Phi) is 5.26. The number of amides is 1. The second-order valence-corrected chi connectivity index (χ2v) is 8.39. The Morgan fingerprint density at radius 2 is 2.06 bits per heavy atom. The van der Waals surface area contributed by atoms with E-state index in [1.165, 1.54) is 0 Å². The number of carbonyl (C=O) groups excluding carboxylic acids is 1. The number of alkyl halides is 3. The predicted octanol–water partition coefficient (Wildman–Crippen LogP) is 4.43. The molecule has 4 rings (SSSR count). The van der Waals surface area contributed by atoms with E-state index < -0.39 is 11.7 Å². The van der Waals surface area contributed by atoms with E-state index in [1.807, 2.05) is 0 Å².